The topological polar surface area (TPSA) is 231 Å². The first-order valence-corrected chi connectivity index (χ1v) is 15.2. The summed E-state index contributed by atoms with van der Waals surface area (Å²) in [6.07, 6.45) is 4.96. The molecule has 0 radical (unpaired) electrons. The normalized spacial score (nSPS) is 30.7. The maximum Gasteiger partial charge on any atom is 0.534 e. The number of aliphatic imine (C=N–C) groups is 1. The molecule has 0 aromatic heterocycles. The Bertz CT molecular complexity index is 1280. The van der Waals surface area contributed by atoms with E-state index in [2.05, 4.69) is 27.0 Å². The third kappa shape index (κ3) is 7.34. The number of nitrogens with zero attached hydrogens (tertiary/aromatic N) is 4. The molecule has 262 valence electrons. The van der Waals surface area contributed by atoms with Gasteiger partial charge in [-0.2, -0.15) is 0 Å². The van der Waals surface area contributed by atoms with Crippen molar-refractivity contribution in [1.29, 1.82) is 0 Å². The number of hydroxylamine groups is 2. The van der Waals surface area contributed by atoms with Gasteiger partial charge in [-0.25, -0.2) is 4.79 Å². The van der Waals surface area contributed by atoms with Crippen LogP contribution in [0.4, 0.5) is 4.79 Å². The molecule has 8 unspecified atom stereocenters. The van der Waals surface area contributed by atoms with Crippen LogP contribution < -0.4 is 5.73 Å². The van der Waals surface area contributed by atoms with Crippen molar-refractivity contribution in [2.45, 2.75) is 51.1 Å². The SMILES string of the molecule is C=NCOC=O.CC.CN.CN1C(=O)C2C3C=CC(O3)C2C1=O.O=C(OCCN1C(=O)C2C3C=CC(O3)C2C1=O)ON1C(=O)CCC1=O. The van der Waals surface area contributed by atoms with Crippen LogP contribution in [-0.2, 0) is 57.3 Å². The molecule has 6 amide bonds. The first-order chi connectivity index (χ1) is 23.1. The Balaban J connectivity index is 0.000000226. The highest BCUT2D eigenvalue weighted by molar-refractivity contribution is 6.07. The van der Waals surface area contributed by atoms with Gasteiger partial charge in [-0.15, -0.1) is 0 Å². The van der Waals surface area contributed by atoms with Gasteiger partial charge < -0.3 is 24.7 Å². The van der Waals surface area contributed by atoms with Gasteiger partial charge in [-0.3, -0.25) is 53.2 Å². The number of fused-ring (bicyclic) bond motifs is 10. The predicted octanol–water partition coefficient (Wildman–Crippen LogP) is -0.885. The fourth-order valence-electron chi connectivity index (χ4n) is 6.10. The molecule has 18 nitrogen and oxygen atoms in total. The average Bonchev–Trinajstić information content (AvgIpc) is 3.98. The monoisotopic (exact) mass is 677 g/mol. The summed E-state index contributed by atoms with van der Waals surface area (Å²) in [5.41, 5.74) is 4.50. The molecular formula is C30H39N5O13. The molecule has 0 saturated carbocycles. The molecule has 0 spiro atoms. The van der Waals surface area contributed by atoms with Crippen molar-refractivity contribution in [3.63, 3.8) is 0 Å². The van der Waals surface area contributed by atoms with Crippen molar-refractivity contribution >= 4 is 54.8 Å². The maximum absolute atomic E-state index is 12.3. The molecule has 5 saturated heterocycles. The Kier molecular flexibility index (Phi) is 13.2. The van der Waals surface area contributed by atoms with Gasteiger partial charge >= 0.3 is 6.16 Å². The van der Waals surface area contributed by atoms with Crippen LogP contribution in [0.15, 0.2) is 29.3 Å². The average molecular weight is 678 g/mol. The number of hydrogen-bond acceptors (Lipinski definition) is 15. The van der Waals surface area contributed by atoms with E-state index < -0.39 is 29.8 Å². The van der Waals surface area contributed by atoms with Crippen LogP contribution >= 0.6 is 0 Å². The van der Waals surface area contributed by atoms with E-state index in [-0.39, 0.29) is 92.6 Å². The lowest BCUT2D eigenvalue weighted by atomic mass is 9.85. The first-order valence-electron chi connectivity index (χ1n) is 15.2. The van der Waals surface area contributed by atoms with Gasteiger partial charge in [0, 0.05) is 19.9 Å². The van der Waals surface area contributed by atoms with Crippen LogP contribution in [0.3, 0.4) is 0 Å². The summed E-state index contributed by atoms with van der Waals surface area (Å²) in [7, 11) is 3.04. The Morgan fingerprint density at radius 2 is 1.27 bits per heavy atom. The molecule has 4 bridgehead atoms. The van der Waals surface area contributed by atoms with Crippen LogP contribution in [-0.4, -0.2) is 128 Å². The summed E-state index contributed by atoms with van der Waals surface area (Å²) in [5.74, 6) is -3.66. The van der Waals surface area contributed by atoms with Crippen LogP contribution in [0.5, 0.6) is 0 Å². The number of hydrogen-bond donors (Lipinski definition) is 1. The fourth-order valence-corrected chi connectivity index (χ4v) is 6.10. The summed E-state index contributed by atoms with van der Waals surface area (Å²) >= 11 is 0. The van der Waals surface area contributed by atoms with Gasteiger partial charge in [-0.1, -0.05) is 43.2 Å². The highest BCUT2D eigenvalue weighted by Crippen LogP contribution is 2.45. The molecule has 18 heteroatoms. The number of amides is 6. The number of carbonyl (C=O) groups excluding carboxylic acids is 8. The Hall–Kier alpha value is -4.81. The first kappa shape index (κ1) is 37.6. The van der Waals surface area contributed by atoms with E-state index in [1.54, 1.807) is 19.2 Å². The summed E-state index contributed by atoms with van der Waals surface area (Å²) in [5, 5.41) is 0.361. The quantitative estimate of drug-likeness (QED) is 0.0861. The van der Waals surface area contributed by atoms with Gasteiger partial charge in [-0.05, 0) is 13.8 Å². The molecule has 48 heavy (non-hydrogen) atoms. The molecular weight excluding hydrogens is 638 g/mol. The molecule has 8 atom stereocenters. The standard InChI is InChI=1S/C15H14N2O8.C9H9NO3.C3H5NO2.C2H6.CH5N/c18-9-3-4-10(19)17(9)25-15(22)23-6-5-16-13(20)11-7-1-2-8(24-7)12(11)14(16)21;1-10-8(11)6-4-2-3-5(13-4)7(6)9(10)12;1-4-2-6-3-5;2*1-2/h1-2,7-8,11-12H,3-6H2;2-7H,1H3;3H,1-2H2;1-2H3;2H2,1H3. The van der Waals surface area contributed by atoms with Gasteiger partial charge in [0.2, 0.25) is 23.6 Å². The third-order valence-electron chi connectivity index (χ3n) is 8.07. The molecule has 7 aliphatic rings. The minimum absolute atomic E-state index is 0.0237. The van der Waals surface area contributed by atoms with Gasteiger partial charge in [0.1, 0.15) is 6.61 Å². The second-order valence-corrected chi connectivity index (χ2v) is 10.5. The van der Waals surface area contributed by atoms with Crippen molar-refractivity contribution in [2.75, 3.05) is 34.0 Å². The molecule has 0 aromatic rings. The van der Waals surface area contributed by atoms with E-state index in [4.69, 9.17) is 14.2 Å². The Morgan fingerprint density at radius 3 is 1.65 bits per heavy atom. The van der Waals surface area contributed by atoms with Gasteiger partial charge in [0.15, 0.2) is 6.73 Å². The summed E-state index contributed by atoms with van der Waals surface area (Å²) < 4.78 is 19.8. The zero-order valence-corrected chi connectivity index (χ0v) is 26.9. The molecule has 0 aromatic carbocycles. The maximum atomic E-state index is 12.3. The van der Waals surface area contributed by atoms with Crippen molar-refractivity contribution < 1.29 is 62.1 Å². The van der Waals surface area contributed by atoms with Crippen molar-refractivity contribution in [3.05, 3.63) is 24.3 Å². The second-order valence-electron chi connectivity index (χ2n) is 10.5. The molecule has 0 aliphatic carbocycles. The number of rotatable bonds is 7. The van der Waals surface area contributed by atoms with Crippen LogP contribution in [0.1, 0.15) is 26.7 Å². The number of ether oxygens (including phenoxy) is 4. The molecule has 7 rings (SSSR count). The predicted molar refractivity (Wildman–Crippen MR) is 161 cm³/mol. The van der Waals surface area contributed by atoms with Crippen molar-refractivity contribution in [1.82, 2.24) is 14.9 Å². The summed E-state index contributed by atoms with van der Waals surface area (Å²) in [6.45, 7) is 7.03. The van der Waals surface area contributed by atoms with E-state index in [1.165, 1.54) is 11.9 Å². The number of imide groups is 3. The molecule has 7 aliphatic heterocycles. The third-order valence-corrected chi connectivity index (χ3v) is 8.07. The zero-order chi connectivity index (χ0) is 35.7. The van der Waals surface area contributed by atoms with E-state index in [9.17, 15) is 38.4 Å². The Labute approximate surface area is 275 Å². The van der Waals surface area contributed by atoms with Crippen molar-refractivity contribution in [2.24, 2.45) is 34.4 Å². The Morgan fingerprint density at radius 1 is 0.854 bits per heavy atom. The lowest BCUT2D eigenvalue weighted by Crippen LogP contribution is -2.38. The fraction of sp³-hybridized carbons (Fsp3) is 0.567. The molecule has 2 N–H and O–H groups in total. The second kappa shape index (κ2) is 16.8. The van der Waals surface area contributed by atoms with E-state index in [1.807, 2.05) is 26.0 Å². The van der Waals surface area contributed by atoms with E-state index in [0.29, 0.717) is 11.5 Å². The summed E-state index contributed by atoms with van der Waals surface area (Å²) in [4.78, 5) is 101. The smallest absolute Gasteiger partial charge is 0.445 e. The minimum atomic E-state index is -1.24. The van der Waals surface area contributed by atoms with Gasteiger partial charge in [0.05, 0.1) is 54.6 Å². The van der Waals surface area contributed by atoms with Crippen LogP contribution in [0, 0.1) is 23.7 Å². The highest BCUT2D eigenvalue weighted by Gasteiger charge is 2.61. The minimum Gasteiger partial charge on any atom is -0.445 e. The van der Waals surface area contributed by atoms with Crippen LogP contribution in [0.2, 0.25) is 0 Å². The molecule has 7 heterocycles. The van der Waals surface area contributed by atoms with E-state index >= 15 is 0 Å². The lowest BCUT2D eigenvalue weighted by molar-refractivity contribution is -0.177. The van der Waals surface area contributed by atoms with E-state index in [0.717, 1.165) is 4.90 Å². The number of likely N-dealkylation sites (tertiary alicyclic amines) is 2. The number of carbonyl (C=O) groups is 8. The summed E-state index contributed by atoms with van der Waals surface area (Å²) in [6, 6.07) is 0. The van der Waals surface area contributed by atoms with Gasteiger partial charge in [0.25, 0.3) is 18.3 Å². The highest BCUT2D eigenvalue weighted by atomic mass is 16.8. The molecule has 5 fully saturated rings. The lowest BCUT2D eigenvalue weighted by Gasteiger charge is -2.17. The van der Waals surface area contributed by atoms with Crippen molar-refractivity contribution in [3.8, 4) is 0 Å². The number of nitrogens with two attached hydrogens (primary N) is 1. The van der Waals surface area contributed by atoms with Crippen LogP contribution in [0.25, 0.3) is 0 Å². The zero-order valence-electron chi connectivity index (χ0n) is 26.9. The largest absolute Gasteiger partial charge is 0.534 e.